The van der Waals surface area contributed by atoms with Gasteiger partial charge >= 0.3 is 5.69 Å². The SMILES string of the molecule is Cc1ccc(Cn2c(=O)ccn(CC#N)c2=O)c(C)c1. The first-order valence-corrected chi connectivity index (χ1v) is 6.26. The zero-order chi connectivity index (χ0) is 14.7. The Balaban J connectivity index is 2.48. The van der Waals surface area contributed by atoms with E-state index in [0.717, 1.165) is 21.3 Å². The summed E-state index contributed by atoms with van der Waals surface area (Å²) in [7, 11) is 0. The quantitative estimate of drug-likeness (QED) is 0.840. The molecular formula is C15H15N3O2. The monoisotopic (exact) mass is 269 g/mol. The molecule has 0 aliphatic rings. The van der Waals surface area contributed by atoms with Crippen LogP contribution in [0.2, 0.25) is 0 Å². The summed E-state index contributed by atoms with van der Waals surface area (Å²) in [6.45, 7) is 4.09. The van der Waals surface area contributed by atoms with E-state index < -0.39 is 5.69 Å². The molecule has 0 N–H and O–H groups in total. The van der Waals surface area contributed by atoms with Gasteiger partial charge in [0.2, 0.25) is 0 Å². The van der Waals surface area contributed by atoms with Crippen LogP contribution in [0.15, 0.2) is 40.1 Å². The Hall–Kier alpha value is -2.61. The average Bonchev–Trinajstić information content (AvgIpc) is 2.40. The molecule has 5 heteroatoms. The molecule has 0 aliphatic heterocycles. The van der Waals surface area contributed by atoms with E-state index in [9.17, 15) is 9.59 Å². The Morgan fingerprint density at radius 2 is 1.95 bits per heavy atom. The van der Waals surface area contributed by atoms with Crippen molar-refractivity contribution in [3.63, 3.8) is 0 Å². The van der Waals surface area contributed by atoms with Gasteiger partial charge in [-0.2, -0.15) is 5.26 Å². The van der Waals surface area contributed by atoms with Crippen LogP contribution in [0.1, 0.15) is 16.7 Å². The van der Waals surface area contributed by atoms with Crippen molar-refractivity contribution in [3.8, 4) is 6.07 Å². The maximum atomic E-state index is 12.1. The van der Waals surface area contributed by atoms with E-state index in [2.05, 4.69) is 0 Å². The highest BCUT2D eigenvalue weighted by Gasteiger charge is 2.07. The lowest BCUT2D eigenvalue weighted by molar-refractivity contribution is 0.619. The number of nitriles is 1. The zero-order valence-electron chi connectivity index (χ0n) is 11.5. The number of nitrogens with zero attached hydrogens (tertiary/aromatic N) is 3. The van der Waals surface area contributed by atoms with Crippen LogP contribution in [0.25, 0.3) is 0 Å². The van der Waals surface area contributed by atoms with Gasteiger partial charge in [0.05, 0.1) is 12.6 Å². The van der Waals surface area contributed by atoms with Crippen molar-refractivity contribution in [1.82, 2.24) is 9.13 Å². The van der Waals surface area contributed by atoms with Crippen LogP contribution >= 0.6 is 0 Å². The standard InChI is InChI=1S/C15H15N3O2/c1-11-3-4-13(12(2)9-11)10-18-14(19)5-7-17(8-6-16)15(18)20/h3-5,7,9H,8,10H2,1-2H3. The number of aromatic nitrogens is 2. The number of rotatable bonds is 3. The molecule has 0 fully saturated rings. The van der Waals surface area contributed by atoms with E-state index >= 15 is 0 Å². The Morgan fingerprint density at radius 3 is 2.60 bits per heavy atom. The minimum absolute atomic E-state index is 0.0635. The molecule has 0 saturated heterocycles. The normalized spacial score (nSPS) is 10.2. The molecule has 1 heterocycles. The molecule has 0 spiro atoms. The Labute approximate surface area is 116 Å². The van der Waals surface area contributed by atoms with Crippen molar-refractivity contribution >= 4 is 0 Å². The van der Waals surface area contributed by atoms with Crippen LogP contribution < -0.4 is 11.2 Å². The third kappa shape index (κ3) is 2.69. The topological polar surface area (TPSA) is 67.8 Å². The lowest BCUT2D eigenvalue weighted by Crippen LogP contribution is -2.39. The van der Waals surface area contributed by atoms with Crippen LogP contribution in [-0.4, -0.2) is 9.13 Å². The first-order valence-electron chi connectivity index (χ1n) is 6.26. The minimum atomic E-state index is -0.459. The van der Waals surface area contributed by atoms with Gasteiger partial charge in [0, 0.05) is 12.3 Å². The summed E-state index contributed by atoms with van der Waals surface area (Å²) in [5.41, 5.74) is 2.27. The number of benzene rings is 1. The van der Waals surface area contributed by atoms with Crippen LogP contribution in [0.5, 0.6) is 0 Å². The number of aryl methyl sites for hydroxylation is 2. The zero-order valence-corrected chi connectivity index (χ0v) is 11.5. The van der Waals surface area contributed by atoms with Crippen molar-refractivity contribution in [2.24, 2.45) is 0 Å². The molecule has 0 unspecified atom stereocenters. The lowest BCUT2D eigenvalue weighted by Gasteiger charge is -2.10. The van der Waals surface area contributed by atoms with E-state index in [4.69, 9.17) is 5.26 Å². The minimum Gasteiger partial charge on any atom is -0.287 e. The van der Waals surface area contributed by atoms with E-state index in [1.54, 1.807) is 0 Å². The van der Waals surface area contributed by atoms with Gasteiger partial charge in [-0.15, -0.1) is 0 Å². The second kappa shape index (κ2) is 5.57. The molecule has 2 aromatic rings. The molecule has 0 radical (unpaired) electrons. The molecule has 0 aliphatic carbocycles. The highest BCUT2D eigenvalue weighted by atomic mass is 16.2. The number of hydrogen-bond donors (Lipinski definition) is 0. The van der Waals surface area contributed by atoms with Crippen molar-refractivity contribution in [3.05, 3.63) is 68.0 Å². The molecule has 0 bridgehead atoms. The van der Waals surface area contributed by atoms with E-state index in [0.29, 0.717) is 0 Å². The Morgan fingerprint density at radius 1 is 1.20 bits per heavy atom. The van der Waals surface area contributed by atoms with Crippen molar-refractivity contribution in [1.29, 1.82) is 5.26 Å². The fraction of sp³-hybridized carbons (Fsp3) is 0.267. The molecule has 0 atom stereocenters. The van der Waals surface area contributed by atoms with Gasteiger partial charge in [-0.05, 0) is 25.0 Å². The Kier molecular flexibility index (Phi) is 3.85. The summed E-state index contributed by atoms with van der Waals surface area (Å²) in [6, 6.07) is 9.08. The fourth-order valence-corrected chi connectivity index (χ4v) is 2.09. The summed E-state index contributed by atoms with van der Waals surface area (Å²) in [5, 5.41) is 8.67. The predicted octanol–water partition coefficient (Wildman–Crippen LogP) is 1.20. The van der Waals surface area contributed by atoms with E-state index in [1.807, 2.05) is 38.1 Å². The summed E-state index contributed by atoms with van der Waals surface area (Å²) in [4.78, 5) is 24.0. The molecular weight excluding hydrogens is 254 g/mol. The second-order valence-corrected chi connectivity index (χ2v) is 4.74. The molecule has 20 heavy (non-hydrogen) atoms. The molecule has 2 rings (SSSR count). The highest BCUT2D eigenvalue weighted by molar-refractivity contribution is 5.30. The van der Waals surface area contributed by atoms with Gasteiger partial charge in [0.25, 0.3) is 5.56 Å². The van der Waals surface area contributed by atoms with E-state index in [-0.39, 0.29) is 18.6 Å². The first-order chi connectivity index (χ1) is 9.52. The largest absolute Gasteiger partial charge is 0.332 e. The van der Waals surface area contributed by atoms with Crippen molar-refractivity contribution in [2.45, 2.75) is 26.9 Å². The summed E-state index contributed by atoms with van der Waals surface area (Å²) < 4.78 is 2.37. The van der Waals surface area contributed by atoms with Crippen LogP contribution in [0, 0.1) is 25.2 Å². The maximum Gasteiger partial charge on any atom is 0.332 e. The molecule has 102 valence electrons. The number of hydrogen-bond acceptors (Lipinski definition) is 3. The fourth-order valence-electron chi connectivity index (χ4n) is 2.09. The average molecular weight is 269 g/mol. The molecule has 1 aromatic carbocycles. The Bertz CT molecular complexity index is 794. The van der Waals surface area contributed by atoms with Gasteiger partial charge in [-0.1, -0.05) is 23.8 Å². The predicted molar refractivity (Wildman–Crippen MR) is 75.6 cm³/mol. The molecule has 0 saturated carbocycles. The molecule has 0 amide bonds. The molecule has 1 aromatic heterocycles. The summed E-state index contributed by atoms with van der Waals surface area (Å²) in [6.07, 6.45) is 1.35. The van der Waals surface area contributed by atoms with Crippen molar-refractivity contribution < 1.29 is 0 Å². The third-order valence-corrected chi connectivity index (χ3v) is 3.21. The van der Waals surface area contributed by atoms with Crippen LogP contribution in [-0.2, 0) is 13.1 Å². The first kappa shape index (κ1) is 13.8. The lowest BCUT2D eigenvalue weighted by atomic mass is 10.1. The maximum absolute atomic E-state index is 12.1. The molecule has 5 nitrogen and oxygen atoms in total. The van der Waals surface area contributed by atoms with Gasteiger partial charge in [0.1, 0.15) is 6.54 Å². The van der Waals surface area contributed by atoms with Crippen LogP contribution in [0.4, 0.5) is 0 Å². The van der Waals surface area contributed by atoms with Gasteiger partial charge in [-0.25, -0.2) is 4.79 Å². The van der Waals surface area contributed by atoms with Crippen LogP contribution in [0.3, 0.4) is 0 Å². The highest BCUT2D eigenvalue weighted by Crippen LogP contribution is 2.10. The van der Waals surface area contributed by atoms with Gasteiger partial charge < -0.3 is 0 Å². The second-order valence-electron chi connectivity index (χ2n) is 4.74. The van der Waals surface area contributed by atoms with Crippen molar-refractivity contribution in [2.75, 3.05) is 0 Å². The third-order valence-electron chi connectivity index (χ3n) is 3.21. The van der Waals surface area contributed by atoms with E-state index in [1.165, 1.54) is 16.8 Å². The smallest absolute Gasteiger partial charge is 0.287 e. The van der Waals surface area contributed by atoms with Gasteiger partial charge in [0.15, 0.2) is 0 Å². The summed E-state index contributed by atoms with van der Waals surface area (Å²) >= 11 is 0. The van der Waals surface area contributed by atoms with Gasteiger partial charge in [-0.3, -0.25) is 13.9 Å². The summed E-state index contributed by atoms with van der Waals surface area (Å²) in [5.74, 6) is 0.